The summed E-state index contributed by atoms with van der Waals surface area (Å²) in [6.45, 7) is 31.8. The number of nitrogens with one attached hydrogen (secondary N) is 2. The highest BCUT2D eigenvalue weighted by atomic mass is 32.2. The summed E-state index contributed by atoms with van der Waals surface area (Å²) in [6, 6.07) is 0. The van der Waals surface area contributed by atoms with Gasteiger partial charge in [-0.05, 0) is 43.9 Å². The summed E-state index contributed by atoms with van der Waals surface area (Å²) in [4.78, 5) is 23.5. The molecule has 0 aromatic heterocycles. The predicted octanol–water partition coefficient (Wildman–Crippen LogP) is 8.53. The molecule has 0 saturated heterocycles. The van der Waals surface area contributed by atoms with Crippen LogP contribution in [0.1, 0.15) is 155 Å². The van der Waals surface area contributed by atoms with Crippen LogP contribution in [0, 0.1) is 17.3 Å². The smallest absolute Gasteiger partial charge is 0.226 e. The molecular formula is C33H76N2O4S. The van der Waals surface area contributed by atoms with Crippen molar-refractivity contribution in [2.75, 3.05) is 31.2 Å². The molecule has 6 nitrogen and oxygen atoms in total. The van der Waals surface area contributed by atoms with Crippen molar-refractivity contribution >= 4 is 22.6 Å². The molecule has 0 saturated carbocycles. The van der Waals surface area contributed by atoms with E-state index in [0.29, 0.717) is 49.7 Å². The molecule has 40 heavy (non-hydrogen) atoms. The summed E-state index contributed by atoms with van der Waals surface area (Å²) in [7, 11) is -0.842. The first-order valence-corrected chi connectivity index (χ1v) is 18.2. The molecule has 1 unspecified atom stereocenters. The second-order valence-electron chi connectivity index (χ2n) is 8.90. The number of carbonyl (C=O) groups excluding carboxylic acids is 2. The molecule has 0 aromatic carbocycles. The fourth-order valence-electron chi connectivity index (χ4n) is 3.48. The maximum atomic E-state index is 12.1. The Balaban J connectivity index is -0.000000116. The molecule has 0 aliphatic heterocycles. The molecule has 0 bridgehead atoms. The average molecular weight is 597 g/mol. The number of aliphatic hydroxyl groups is 1. The highest BCUT2D eigenvalue weighted by molar-refractivity contribution is 7.84. The van der Waals surface area contributed by atoms with Crippen LogP contribution < -0.4 is 10.6 Å². The van der Waals surface area contributed by atoms with Crippen molar-refractivity contribution in [3.8, 4) is 0 Å². The van der Waals surface area contributed by atoms with Crippen LogP contribution >= 0.6 is 0 Å². The molecule has 0 aromatic rings. The number of rotatable bonds is 17. The molecule has 0 aliphatic rings. The van der Waals surface area contributed by atoms with Crippen LogP contribution in [0.5, 0.6) is 0 Å². The standard InChI is InChI=1S/C13H27NO.C12H25NO3S.4C2H6/c1-5-12(6-2)9-10-14-13(15)8-7-11(3)4;1-4-12(5-2,7-9-14)11(15)13-8-10-17(16)6-3;4*1-2/h11-12H,5-10H2,1-4H3,(H,14,15);14H,4-10H2,1-3H3,(H,13,15);4*1-2H3. The van der Waals surface area contributed by atoms with Gasteiger partial charge in [0.2, 0.25) is 11.8 Å². The Hall–Kier alpha value is -0.950. The largest absolute Gasteiger partial charge is 0.396 e. The third kappa shape index (κ3) is 33.3. The summed E-state index contributed by atoms with van der Waals surface area (Å²) in [6.07, 6.45) is 7.16. The zero-order valence-corrected chi connectivity index (χ0v) is 30.7. The first-order chi connectivity index (χ1) is 19.2. The van der Waals surface area contributed by atoms with Gasteiger partial charge >= 0.3 is 0 Å². The topological polar surface area (TPSA) is 95.5 Å². The van der Waals surface area contributed by atoms with Gasteiger partial charge in [0.25, 0.3) is 0 Å². The fourth-order valence-corrected chi connectivity index (χ4v) is 4.10. The lowest BCUT2D eigenvalue weighted by Crippen LogP contribution is -2.42. The van der Waals surface area contributed by atoms with Gasteiger partial charge in [0.1, 0.15) is 0 Å². The minimum absolute atomic E-state index is 0.0235. The molecule has 0 spiro atoms. The molecule has 7 heteroatoms. The van der Waals surface area contributed by atoms with Crippen LogP contribution in [-0.4, -0.2) is 52.3 Å². The summed E-state index contributed by atoms with van der Waals surface area (Å²) in [5, 5.41) is 14.9. The van der Waals surface area contributed by atoms with Gasteiger partial charge in [0, 0.05) is 48.4 Å². The second-order valence-corrected chi connectivity index (χ2v) is 10.8. The van der Waals surface area contributed by atoms with E-state index in [1.165, 1.54) is 12.8 Å². The quantitative estimate of drug-likeness (QED) is 0.157. The third-order valence-corrected chi connectivity index (χ3v) is 7.64. The Morgan fingerprint density at radius 2 is 1.25 bits per heavy atom. The van der Waals surface area contributed by atoms with Crippen LogP contribution in [0.2, 0.25) is 0 Å². The average Bonchev–Trinajstić information content (AvgIpc) is 3.01. The van der Waals surface area contributed by atoms with Crippen molar-refractivity contribution in [3.05, 3.63) is 0 Å². The first kappa shape index (κ1) is 51.8. The van der Waals surface area contributed by atoms with Crippen molar-refractivity contribution in [1.82, 2.24) is 10.6 Å². The van der Waals surface area contributed by atoms with E-state index in [0.717, 1.165) is 25.3 Å². The van der Waals surface area contributed by atoms with Crippen LogP contribution in [0.3, 0.4) is 0 Å². The summed E-state index contributed by atoms with van der Waals surface area (Å²) in [5.41, 5.74) is -0.470. The Morgan fingerprint density at radius 1 is 0.775 bits per heavy atom. The number of aliphatic hydroxyl groups excluding tert-OH is 1. The normalized spacial score (nSPS) is 10.4. The Bertz CT molecular complexity index is 507. The first-order valence-electron chi connectivity index (χ1n) is 16.7. The highest BCUT2D eigenvalue weighted by Gasteiger charge is 2.33. The zero-order chi connectivity index (χ0) is 33.0. The lowest BCUT2D eigenvalue weighted by molar-refractivity contribution is -0.132. The van der Waals surface area contributed by atoms with Crippen molar-refractivity contribution in [3.63, 3.8) is 0 Å². The van der Waals surface area contributed by atoms with Gasteiger partial charge in [-0.1, -0.05) is 117 Å². The highest BCUT2D eigenvalue weighted by Crippen LogP contribution is 2.30. The molecular weight excluding hydrogens is 520 g/mol. The van der Waals surface area contributed by atoms with E-state index >= 15 is 0 Å². The predicted molar refractivity (Wildman–Crippen MR) is 182 cm³/mol. The number of hydrogen-bond acceptors (Lipinski definition) is 4. The van der Waals surface area contributed by atoms with E-state index < -0.39 is 16.2 Å². The Labute approximate surface area is 255 Å². The van der Waals surface area contributed by atoms with Crippen LogP contribution in [-0.2, 0) is 20.4 Å². The van der Waals surface area contributed by atoms with E-state index in [4.69, 9.17) is 5.11 Å². The molecule has 0 heterocycles. The van der Waals surface area contributed by atoms with E-state index in [1.54, 1.807) is 0 Å². The van der Waals surface area contributed by atoms with Gasteiger partial charge in [-0.2, -0.15) is 0 Å². The van der Waals surface area contributed by atoms with Crippen LogP contribution in [0.15, 0.2) is 0 Å². The van der Waals surface area contributed by atoms with Crippen LogP contribution in [0.4, 0.5) is 0 Å². The molecule has 3 N–H and O–H groups in total. The summed E-state index contributed by atoms with van der Waals surface area (Å²) >= 11 is 0. The van der Waals surface area contributed by atoms with Gasteiger partial charge in [0.15, 0.2) is 0 Å². The minimum atomic E-state index is -0.842. The van der Waals surface area contributed by atoms with Gasteiger partial charge in [-0.25, -0.2) is 0 Å². The van der Waals surface area contributed by atoms with Gasteiger partial charge in [-0.3, -0.25) is 13.8 Å². The molecule has 2 amide bonds. The molecule has 0 rings (SSSR count). The maximum absolute atomic E-state index is 12.1. The monoisotopic (exact) mass is 597 g/mol. The third-order valence-electron chi connectivity index (χ3n) is 6.34. The number of hydrogen-bond donors (Lipinski definition) is 3. The molecule has 0 fully saturated rings. The molecule has 0 aliphatic carbocycles. The van der Waals surface area contributed by atoms with Crippen molar-refractivity contribution in [2.45, 2.75) is 155 Å². The summed E-state index contributed by atoms with van der Waals surface area (Å²) in [5.74, 6) is 2.72. The minimum Gasteiger partial charge on any atom is -0.396 e. The maximum Gasteiger partial charge on any atom is 0.226 e. The fraction of sp³-hybridized carbons (Fsp3) is 0.939. The zero-order valence-electron chi connectivity index (χ0n) is 29.9. The van der Waals surface area contributed by atoms with E-state index in [2.05, 4.69) is 38.3 Å². The van der Waals surface area contributed by atoms with E-state index in [-0.39, 0.29) is 18.4 Å². The van der Waals surface area contributed by atoms with Crippen LogP contribution in [0.25, 0.3) is 0 Å². The summed E-state index contributed by atoms with van der Waals surface area (Å²) < 4.78 is 11.2. The van der Waals surface area contributed by atoms with Gasteiger partial charge in [-0.15, -0.1) is 0 Å². The van der Waals surface area contributed by atoms with Crippen molar-refractivity contribution in [1.29, 1.82) is 0 Å². The van der Waals surface area contributed by atoms with Crippen molar-refractivity contribution in [2.24, 2.45) is 17.3 Å². The SMILES string of the molecule is CC.CC.CC.CC.CCC(CC)CCNC(=O)CCC(C)C.CCS(=O)CCNC(=O)C(CC)(CC)CCO. The lowest BCUT2D eigenvalue weighted by Gasteiger charge is -2.29. The van der Waals surface area contributed by atoms with Gasteiger partial charge in [0.05, 0.1) is 5.41 Å². The number of carbonyl (C=O) groups is 2. The Kier molecular flexibility index (Phi) is 55.0. The van der Waals surface area contributed by atoms with E-state index in [9.17, 15) is 13.8 Å². The molecule has 0 radical (unpaired) electrons. The molecule has 1 atom stereocenters. The Morgan fingerprint density at radius 3 is 1.60 bits per heavy atom. The second kappa shape index (κ2) is 42.5. The van der Waals surface area contributed by atoms with E-state index in [1.807, 2.05) is 76.2 Å². The van der Waals surface area contributed by atoms with Gasteiger partial charge < -0.3 is 15.7 Å². The lowest BCUT2D eigenvalue weighted by atomic mass is 9.78. The van der Waals surface area contributed by atoms with Crippen molar-refractivity contribution < 1.29 is 18.9 Å². The molecule has 248 valence electrons. The number of amides is 2.